The van der Waals surface area contributed by atoms with Gasteiger partial charge in [-0.05, 0) is 55.8 Å². The number of hydrogen-bond acceptors (Lipinski definition) is 4. The minimum Gasteiger partial charge on any atom is -0.482 e. The van der Waals surface area contributed by atoms with Crippen LogP contribution in [0.3, 0.4) is 0 Å². The van der Waals surface area contributed by atoms with Crippen molar-refractivity contribution in [2.75, 3.05) is 23.4 Å². The summed E-state index contributed by atoms with van der Waals surface area (Å²) in [5.41, 5.74) is 2.73. The predicted octanol–water partition coefficient (Wildman–Crippen LogP) is 3.71. The van der Waals surface area contributed by atoms with E-state index in [-0.39, 0.29) is 37.2 Å². The summed E-state index contributed by atoms with van der Waals surface area (Å²) in [7, 11) is 0. The number of anilines is 2. The number of nitrogens with one attached hydrogen (secondary N) is 1. The van der Waals surface area contributed by atoms with Gasteiger partial charge in [0.25, 0.3) is 5.91 Å². The fraction of sp³-hybridized carbons (Fsp3) is 0.250. The Kier molecular flexibility index (Phi) is 5.60. The third-order valence-electron chi connectivity index (χ3n) is 4.31. The molecule has 6 nitrogen and oxygen atoms in total. The van der Waals surface area contributed by atoms with E-state index in [4.69, 9.17) is 4.74 Å². The second kappa shape index (κ2) is 7.92. The SMILES string of the molecule is CC(=O)c1ccc2c(c1)N(CCC(=O)Nc1ccc(Br)c(C)c1)C(=O)CO2. The van der Waals surface area contributed by atoms with Crippen molar-refractivity contribution >= 4 is 44.9 Å². The molecule has 2 aromatic rings. The minimum atomic E-state index is -0.240. The minimum absolute atomic E-state index is 0.0834. The van der Waals surface area contributed by atoms with Gasteiger partial charge in [-0.3, -0.25) is 14.4 Å². The molecule has 140 valence electrons. The summed E-state index contributed by atoms with van der Waals surface area (Å²) in [6, 6.07) is 10.5. The summed E-state index contributed by atoms with van der Waals surface area (Å²) in [6.45, 7) is 3.53. The molecule has 1 N–H and O–H groups in total. The van der Waals surface area contributed by atoms with E-state index in [1.54, 1.807) is 18.2 Å². The average molecular weight is 431 g/mol. The lowest BCUT2D eigenvalue weighted by Gasteiger charge is -2.29. The van der Waals surface area contributed by atoms with E-state index < -0.39 is 0 Å². The molecule has 1 aliphatic rings. The van der Waals surface area contributed by atoms with Gasteiger partial charge in [-0.25, -0.2) is 0 Å². The first kappa shape index (κ1) is 19.1. The molecule has 0 unspecified atom stereocenters. The van der Waals surface area contributed by atoms with Gasteiger partial charge in [0, 0.05) is 28.7 Å². The zero-order chi connectivity index (χ0) is 19.6. The molecule has 0 spiro atoms. The molecular formula is C20H19BrN2O4. The summed E-state index contributed by atoms with van der Waals surface area (Å²) in [5, 5.41) is 2.83. The molecule has 2 aromatic carbocycles. The first-order chi connectivity index (χ1) is 12.8. The van der Waals surface area contributed by atoms with Gasteiger partial charge in [-0.1, -0.05) is 15.9 Å². The van der Waals surface area contributed by atoms with E-state index in [1.807, 2.05) is 25.1 Å². The van der Waals surface area contributed by atoms with Gasteiger partial charge in [0.1, 0.15) is 5.75 Å². The first-order valence-electron chi connectivity index (χ1n) is 8.49. The second-order valence-electron chi connectivity index (χ2n) is 6.33. The highest BCUT2D eigenvalue weighted by molar-refractivity contribution is 9.10. The summed E-state index contributed by atoms with van der Waals surface area (Å²) in [4.78, 5) is 37.7. The smallest absolute Gasteiger partial charge is 0.265 e. The highest BCUT2D eigenvalue weighted by atomic mass is 79.9. The number of ketones is 1. The number of carbonyl (C=O) groups excluding carboxylic acids is 3. The Balaban J connectivity index is 1.71. The molecule has 0 aliphatic carbocycles. The molecule has 0 radical (unpaired) electrons. The maximum absolute atomic E-state index is 12.3. The van der Waals surface area contributed by atoms with Crippen molar-refractivity contribution in [1.82, 2.24) is 0 Å². The fourth-order valence-corrected chi connectivity index (χ4v) is 3.07. The highest BCUT2D eigenvalue weighted by Crippen LogP contribution is 2.33. The standard InChI is InChI=1S/C20H19BrN2O4/c1-12-9-15(4-5-16(12)21)22-19(25)7-8-23-17-10-14(13(2)24)3-6-18(17)27-11-20(23)26/h3-6,9-10H,7-8,11H2,1-2H3,(H,22,25). The van der Waals surface area contributed by atoms with E-state index in [9.17, 15) is 14.4 Å². The van der Waals surface area contributed by atoms with Crippen LogP contribution in [0, 0.1) is 6.92 Å². The quantitative estimate of drug-likeness (QED) is 0.733. The van der Waals surface area contributed by atoms with E-state index in [2.05, 4.69) is 21.2 Å². The van der Waals surface area contributed by atoms with Crippen LogP contribution in [0.4, 0.5) is 11.4 Å². The Bertz CT molecular complexity index is 926. The lowest BCUT2D eigenvalue weighted by Crippen LogP contribution is -2.40. The lowest BCUT2D eigenvalue weighted by atomic mass is 10.1. The number of rotatable bonds is 5. The zero-order valence-corrected chi connectivity index (χ0v) is 16.6. The van der Waals surface area contributed by atoms with Gasteiger partial charge < -0.3 is 15.0 Å². The van der Waals surface area contributed by atoms with Gasteiger partial charge in [0.15, 0.2) is 12.4 Å². The van der Waals surface area contributed by atoms with Gasteiger partial charge in [0.2, 0.25) is 5.91 Å². The molecule has 0 atom stereocenters. The molecule has 0 bridgehead atoms. The van der Waals surface area contributed by atoms with Crippen LogP contribution < -0.4 is 15.0 Å². The fourth-order valence-electron chi connectivity index (χ4n) is 2.83. The van der Waals surface area contributed by atoms with Gasteiger partial charge >= 0.3 is 0 Å². The van der Waals surface area contributed by atoms with Gasteiger partial charge in [-0.15, -0.1) is 0 Å². The van der Waals surface area contributed by atoms with Crippen molar-refractivity contribution in [2.24, 2.45) is 0 Å². The highest BCUT2D eigenvalue weighted by Gasteiger charge is 2.26. The van der Waals surface area contributed by atoms with Crippen molar-refractivity contribution in [1.29, 1.82) is 0 Å². The maximum Gasteiger partial charge on any atom is 0.265 e. The van der Waals surface area contributed by atoms with E-state index in [0.717, 1.165) is 10.0 Å². The number of halogens is 1. The molecule has 1 heterocycles. The summed E-state index contributed by atoms with van der Waals surface area (Å²) in [5.74, 6) is -0.00144. The Hall–Kier alpha value is -2.67. The van der Waals surface area contributed by atoms with Crippen LogP contribution in [0.1, 0.15) is 29.3 Å². The van der Waals surface area contributed by atoms with Crippen LogP contribution in [0.2, 0.25) is 0 Å². The van der Waals surface area contributed by atoms with Crippen LogP contribution in [0.25, 0.3) is 0 Å². The number of ether oxygens (including phenoxy) is 1. The van der Waals surface area contributed by atoms with Crippen molar-refractivity contribution < 1.29 is 19.1 Å². The first-order valence-corrected chi connectivity index (χ1v) is 9.28. The summed E-state index contributed by atoms with van der Waals surface area (Å²) < 4.78 is 6.39. The molecule has 0 fully saturated rings. The molecule has 27 heavy (non-hydrogen) atoms. The Morgan fingerprint density at radius 1 is 1.22 bits per heavy atom. The Labute approximate surface area is 165 Å². The number of nitrogens with zero attached hydrogens (tertiary/aromatic N) is 1. The molecule has 1 aliphatic heterocycles. The summed E-state index contributed by atoms with van der Waals surface area (Å²) >= 11 is 3.42. The van der Waals surface area contributed by atoms with Crippen LogP contribution in [0.15, 0.2) is 40.9 Å². The second-order valence-corrected chi connectivity index (χ2v) is 7.19. The summed E-state index contributed by atoms with van der Waals surface area (Å²) in [6.07, 6.45) is 0.130. The van der Waals surface area contributed by atoms with E-state index in [0.29, 0.717) is 22.7 Å². The van der Waals surface area contributed by atoms with Crippen LogP contribution in [0.5, 0.6) is 5.75 Å². The number of carbonyl (C=O) groups is 3. The van der Waals surface area contributed by atoms with Crippen LogP contribution in [-0.4, -0.2) is 30.7 Å². The third-order valence-corrected chi connectivity index (χ3v) is 5.20. The van der Waals surface area contributed by atoms with Gasteiger partial charge in [-0.2, -0.15) is 0 Å². The van der Waals surface area contributed by atoms with Crippen molar-refractivity contribution in [2.45, 2.75) is 20.3 Å². The topological polar surface area (TPSA) is 75.7 Å². The van der Waals surface area contributed by atoms with Gasteiger partial charge in [0.05, 0.1) is 5.69 Å². The van der Waals surface area contributed by atoms with E-state index >= 15 is 0 Å². The lowest BCUT2D eigenvalue weighted by molar-refractivity contribution is -0.121. The number of aryl methyl sites for hydroxylation is 1. The molecule has 2 amide bonds. The molecular weight excluding hydrogens is 412 g/mol. The molecule has 0 saturated heterocycles. The average Bonchev–Trinajstić information content (AvgIpc) is 2.63. The predicted molar refractivity (Wildman–Crippen MR) is 106 cm³/mol. The molecule has 0 aromatic heterocycles. The van der Waals surface area contributed by atoms with E-state index in [1.165, 1.54) is 11.8 Å². The Morgan fingerprint density at radius 3 is 2.70 bits per heavy atom. The zero-order valence-electron chi connectivity index (χ0n) is 15.0. The normalized spacial score (nSPS) is 13.0. The van der Waals surface area contributed by atoms with Crippen molar-refractivity contribution in [3.8, 4) is 5.75 Å². The van der Waals surface area contributed by atoms with Crippen molar-refractivity contribution in [3.05, 3.63) is 52.0 Å². The monoisotopic (exact) mass is 430 g/mol. The Morgan fingerprint density at radius 2 is 2.00 bits per heavy atom. The number of fused-ring (bicyclic) bond motifs is 1. The number of Topliss-reactive ketones (excluding diaryl/α,β-unsaturated/α-hetero) is 1. The third kappa shape index (κ3) is 4.36. The maximum atomic E-state index is 12.3. The number of benzene rings is 2. The molecule has 0 saturated carbocycles. The number of hydrogen-bond donors (Lipinski definition) is 1. The molecule has 7 heteroatoms. The largest absolute Gasteiger partial charge is 0.482 e. The van der Waals surface area contributed by atoms with Crippen LogP contribution in [-0.2, 0) is 9.59 Å². The van der Waals surface area contributed by atoms with Crippen molar-refractivity contribution in [3.63, 3.8) is 0 Å². The molecule has 3 rings (SSSR count). The van der Waals surface area contributed by atoms with Crippen LogP contribution >= 0.6 is 15.9 Å². The number of amides is 2.